The highest BCUT2D eigenvalue weighted by Crippen LogP contribution is 2.20. The maximum atomic E-state index is 4.37. The summed E-state index contributed by atoms with van der Waals surface area (Å²) in [6, 6.07) is 10.7. The fourth-order valence-corrected chi connectivity index (χ4v) is 1.61. The van der Waals surface area contributed by atoms with Crippen LogP contribution in [0, 0.1) is 0 Å². The molecule has 78 valence electrons. The van der Waals surface area contributed by atoms with Gasteiger partial charge in [0.05, 0.1) is 5.69 Å². The van der Waals surface area contributed by atoms with E-state index in [0.29, 0.717) is 5.92 Å². The Morgan fingerprint density at radius 3 is 2.20 bits per heavy atom. The molecule has 2 nitrogen and oxygen atoms in total. The van der Waals surface area contributed by atoms with Crippen molar-refractivity contribution >= 4 is 0 Å². The van der Waals surface area contributed by atoms with Crippen molar-refractivity contribution in [3.8, 4) is 11.3 Å². The molecule has 2 heteroatoms. The summed E-state index contributed by atoms with van der Waals surface area (Å²) in [4.78, 5) is 0. The summed E-state index contributed by atoms with van der Waals surface area (Å²) in [7, 11) is 1.94. The number of aryl methyl sites for hydroxylation is 1. The number of rotatable bonds is 2. The van der Waals surface area contributed by atoms with E-state index in [9.17, 15) is 0 Å². The fourth-order valence-electron chi connectivity index (χ4n) is 1.61. The molecule has 0 saturated carbocycles. The molecule has 0 fully saturated rings. The van der Waals surface area contributed by atoms with Crippen LogP contribution in [0.25, 0.3) is 11.3 Å². The molecule has 0 radical (unpaired) electrons. The number of benzene rings is 1. The summed E-state index contributed by atoms with van der Waals surface area (Å²) < 4.78 is 1.83. The first-order valence-electron chi connectivity index (χ1n) is 5.27. The van der Waals surface area contributed by atoms with Crippen molar-refractivity contribution in [1.29, 1.82) is 0 Å². The number of aromatic nitrogens is 2. The number of hydrogen-bond acceptors (Lipinski definition) is 1. The highest BCUT2D eigenvalue weighted by molar-refractivity contribution is 5.58. The Morgan fingerprint density at radius 1 is 1.07 bits per heavy atom. The highest BCUT2D eigenvalue weighted by Gasteiger charge is 2.02. The molecule has 15 heavy (non-hydrogen) atoms. The molecule has 2 aromatic rings. The Morgan fingerprint density at radius 2 is 1.73 bits per heavy atom. The van der Waals surface area contributed by atoms with Crippen molar-refractivity contribution in [1.82, 2.24) is 9.78 Å². The van der Waals surface area contributed by atoms with Crippen molar-refractivity contribution in [3.05, 3.63) is 42.1 Å². The van der Waals surface area contributed by atoms with E-state index in [0.717, 1.165) is 5.69 Å². The summed E-state index contributed by atoms with van der Waals surface area (Å²) in [5.41, 5.74) is 3.59. The topological polar surface area (TPSA) is 17.8 Å². The van der Waals surface area contributed by atoms with Crippen molar-refractivity contribution in [3.63, 3.8) is 0 Å². The predicted molar refractivity (Wildman–Crippen MR) is 62.7 cm³/mol. The van der Waals surface area contributed by atoms with E-state index >= 15 is 0 Å². The third-order valence-electron chi connectivity index (χ3n) is 2.59. The van der Waals surface area contributed by atoms with Crippen LogP contribution in [0.2, 0.25) is 0 Å². The molecule has 0 atom stereocenters. The predicted octanol–water partition coefficient (Wildman–Crippen LogP) is 3.21. The van der Waals surface area contributed by atoms with Gasteiger partial charge in [-0.1, -0.05) is 38.1 Å². The number of nitrogens with zero attached hydrogens (tertiary/aromatic N) is 2. The van der Waals surface area contributed by atoms with Gasteiger partial charge in [-0.3, -0.25) is 4.68 Å². The number of hydrogen-bond donors (Lipinski definition) is 0. The minimum Gasteiger partial charge on any atom is -0.275 e. The molecule has 1 aromatic carbocycles. The SMILES string of the molecule is CC(C)c1ccc(-c2ccn(C)n2)cc1. The standard InChI is InChI=1S/C13H16N2/c1-10(2)11-4-6-12(7-5-11)13-8-9-15(3)14-13/h4-10H,1-3H3. The van der Waals surface area contributed by atoms with Gasteiger partial charge in [-0.25, -0.2) is 0 Å². The van der Waals surface area contributed by atoms with Gasteiger partial charge in [0.1, 0.15) is 0 Å². The van der Waals surface area contributed by atoms with Crippen LogP contribution < -0.4 is 0 Å². The molecular weight excluding hydrogens is 184 g/mol. The molecule has 0 saturated heterocycles. The van der Waals surface area contributed by atoms with Crippen LogP contribution in [0.1, 0.15) is 25.3 Å². The maximum absolute atomic E-state index is 4.37. The zero-order chi connectivity index (χ0) is 10.8. The first kappa shape index (κ1) is 9.97. The second kappa shape index (κ2) is 3.89. The van der Waals surface area contributed by atoms with Gasteiger partial charge < -0.3 is 0 Å². The Kier molecular flexibility index (Phi) is 2.58. The van der Waals surface area contributed by atoms with Crippen molar-refractivity contribution in [2.75, 3.05) is 0 Å². The zero-order valence-electron chi connectivity index (χ0n) is 9.44. The van der Waals surface area contributed by atoms with Crippen LogP contribution in [-0.4, -0.2) is 9.78 Å². The summed E-state index contributed by atoms with van der Waals surface area (Å²) >= 11 is 0. The Bertz CT molecular complexity index is 438. The molecule has 0 aliphatic carbocycles. The van der Waals surface area contributed by atoms with E-state index in [1.54, 1.807) is 0 Å². The molecule has 0 amide bonds. The van der Waals surface area contributed by atoms with Gasteiger partial charge in [-0.15, -0.1) is 0 Å². The Balaban J connectivity index is 2.31. The van der Waals surface area contributed by atoms with E-state index in [1.165, 1.54) is 11.1 Å². The first-order chi connectivity index (χ1) is 7.16. The molecule has 0 spiro atoms. The molecule has 0 N–H and O–H groups in total. The van der Waals surface area contributed by atoms with Crippen LogP contribution in [0.15, 0.2) is 36.5 Å². The van der Waals surface area contributed by atoms with Gasteiger partial charge in [0.15, 0.2) is 0 Å². The lowest BCUT2D eigenvalue weighted by Crippen LogP contribution is -1.89. The van der Waals surface area contributed by atoms with Crippen LogP contribution in [0.4, 0.5) is 0 Å². The average Bonchev–Trinajstić information content (AvgIpc) is 2.65. The lowest BCUT2D eigenvalue weighted by molar-refractivity contribution is 0.771. The Labute approximate surface area is 90.6 Å². The quantitative estimate of drug-likeness (QED) is 0.727. The minimum atomic E-state index is 0.586. The third-order valence-corrected chi connectivity index (χ3v) is 2.59. The van der Waals surface area contributed by atoms with Gasteiger partial charge in [-0.2, -0.15) is 5.10 Å². The molecule has 1 heterocycles. The summed E-state index contributed by atoms with van der Waals surface area (Å²) in [5, 5.41) is 4.37. The second-order valence-corrected chi connectivity index (χ2v) is 4.15. The van der Waals surface area contributed by atoms with Gasteiger partial charge in [0.2, 0.25) is 0 Å². The van der Waals surface area contributed by atoms with Gasteiger partial charge in [0, 0.05) is 18.8 Å². The monoisotopic (exact) mass is 200 g/mol. The zero-order valence-corrected chi connectivity index (χ0v) is 9.44. The molecule has 0 unspecified atom stereocenters. The summed E-state index contributed by atoms with van der Waals surface area (Å²) in [6.07, 6.45) is 1.96. The van der Waals surface area contributed by atoms with Crippen LogP contribution in [-0.2, 0) is 7.05 Å². The Hall–Kier alpha value is -1.57. The first-order valence-corrected chi connectivity index (χ1v) is 5.27. The maximum Gasteiger partial charge on any atom is 0.0923 e. The third kappa shape index (κ3) is 2.09. The van der Waals surface area contributed by atoms with Crippen molar-refractivity contribution in [2.45, 2.75) is 19.8 Å². The minimum absolute atomic E-state index is 0.586. The van der Waals surface area contributed by atoms with E-state index in [1.807, 2.05) is 24.0 Å². The fraction of sp³-hybridized carbons (Fsp3) is 0.308. The van der Waals surface area contributed by atoms with Gasteiger partial charge >= 0.3 is 0 Å². The van der Waals surface area contributed by atoms with Gasteiger partial charge in [-0.05, 0) is 17.5 Å². The molecular formula is C13H16N2. The smallest absolute Gasteiger partial charge is 0.0923 e. The van der Waals surface area contributed by atoms with Crippen LogP contribution in [0.3, 0.4) is 0 Å². The summed E-state index contributed by atoms with van der Waals surface area (Å²) in [6.45, 7) is 4.41. The van der Waals surface area contributed by atoms with E-state index in [-0.39, 0.29) is 0 Å². The molecule has 0 aliphatic heterocycles. The lowest BCUT2D eigenvalue weighted by atomic mass is 10.0. The van der Waals surface area contributed by atoms with Crippen molar-refractivity contribution < 1.29 is 0 Å². The molecule has 0 aliphatic rings. The van der Waals surface area contributed by atoms with E-state index < -0.39 is 0 Å². The van der Waals surface area contributed by atoms with Crippen LogP contribution >= 0.6 is 0 Å². The molecule has 0 bridgehead atoms. The average molecular weight is 200 g/mol. The van der Waals surface area contributed by atoms with Crippen LogP contribution in [0.5, 0.6) is 0 Å². The molecule has 2 rings (SSSR count). The van der Waals surface area contributed by atoms with E-state index in [4.69, 9.17) is 0 Å². The molecule has 1 aromatic heterocycles. The summed E-state index contributed by atoms with van der Waals surface area (Å²) in [5.74, 6) is 0.586. The highest BCUT2D eigenvalue weighted by atomic mass is 15.2. The van der Waals surface area contributed by atoms with E-state index in [2.05, 4.69) is 43.2 Å². The second-order valence-electron chi connectivity index (χ2n) is 4.15. The largest absolute Gasteiger partial charge is 0.275 e. The lowest BCUT2D eigenvalue weighted by Gasteiger charge is -2.05. The normalized spacial score (nSPS) is 10.9. The van der Waals surface area contributed by atoms with Crippen molar-refractivity contribution in [2.24, 2.45) is 7.05 Å². The van der Waals surface area contributed by atoms with Gasteiger partial charge in [0.25, 0.3) is 0 Å².